The lowest BCUT2D eigenvalue weighted by atomic mass is 10.2. The van der Waals surface area contributed by atoms with E-state index in [4.69, 9.17) is 4.74 Å². The molecule has 0 aromatic carbocycles. The Morgan fingerprint density at radius 1 is 1.42 bits per heavy atom. The minimum atomic E-state index is -0.223. The second-order valence-electron chi connectivity index (χ2n) is 2.81. The monoisotopic (exact) mass is 170 g/mol. The summed E-state index contributed by atoms with van der Waals surface area (Å²) in [6, 6.07) is 0. The molecule has 0 aliphatic heterocycles. The summed E-state index contributed by atoms with van der Waals surface area (Å²) >= 11 is 0. The predicted octanol–water partition coefficient (Wildman–Crippen LogP) is 3.03. The van der Waals surface area contributed by atoms with E-state index in [1.165, 1.54) is 19.8 Å². The van der Waals surface area contributed by atoms with Gasteiger partial charge in [0.2, 0.25) is 0 Å². The van der Waals surface area contributed by atoms with Crippen LogP contribution in [0.3, 0.4) is 0 Å². The number of hydrogen-bond acceptors (Lipinski definition) is 2. The van der Waals surface area contributed by atoms with Crippen LogP contribution in [0, 0.1) is 0 Å². The number of carbonyl (C=O) groups excluding carboxylic acids is 1. The van der Waals surface area contributed by atoms with Gasteiger partial charge in [-0.2, -0.15) is 0 Å². The molecule has 0 heterocycles. The van der Waals surface area contributed by atoms with E-state index in [0.29, 0.717) is 0 Å². The highest BCUT2D eigenvalue weighted by Crippen LogP contribution is 2.10. The lowest BCUT2D eigenvalue weighted by Gasteiger charge is -2.04. The standard InChI is InChI=1S/C10H18O2/c1-4-6-7-8-10(5-2)12-9(3)11/h5H,4,6-8H2,1-3H3. The van der Waals surface area contributed by atoms with Crippen molar-refractivity contribution < 1.29 is 9.53 Å². The Hall–Kier alpha value is -0.790. The molecule has 0 fully saturated rings. The number of carbonyl (C=O) groups is 1. The van der Waals surface area contributed by atoms with E-state index in [1.807, 2.05) is 13.0 Å². The molecule has 0 aromatic rings. The van der Waals surface area contributed by atoms with Crippen LogP contribution in [0.2, 0.25) is 0 Å². The number of allylic oxidation sites excluding steroid dienone is 2. The van der Waals surface area contributed by atoms with E-state index >= 15 is 0 Å². The first-order valence-electron chi connectivity index (χ1n) is 4.54. The molecule has 0 bridgehead atoms. The normalized spacial score (nSPS) is 11.4. The van der Waals surface area contributed by atoms with Crippen LogP contribution in [0.15, 0.2) is 11.8 Å². The zero-order chi connectivity index (χ0) is 9.40. The molecule has 0 saturated heterocycles. The number of rotatable bonds is 5. The molecule has 0 amide bonds. The second-order valence-corrected chi connectivity index (χ2v) is 2.81. The van der Waals surface area contributed by atoms with Gasteiger partial charge in [-0.3, -0.25) is 4.79 Å². The smallest absolute Gasteiger partial charge is 0.307 e. The van der Waals surface area contributed by atoms with Crippen molar-refractivity contribution in [2.75, 3.05) is 0 Å². The molecule has 0 rings (SSSR count). The Bertz CT molecular complexity index is 159. The maximum atomic E-state index is 10.6. The Labute approximate surface area is 74.6 Å². The minimum absolute atomic E-state index is 0.223. The van der Waals surface area contributed by atoms with Gasteiger partial charge in [-0.25, -0.2) is 0 Å². The van der Waals surface area contributed by atoms with Crippen molar-refractivity contribution in [3.8, 4) is 0 Å². The summed E-state index contributed by atoms with van der Waals surface area (Å²) in [4.78, 5) is 10.6. The van der Waals surface area contributed by atoms with Crippen LogP contribution in [-0.2, 0) is 9.53 Å². The Kier molecular flexibility index (Phi) is 6.44. The van der Waals surface area contributed by atoms with Crippen LogP contribution in [0.1, 0.15) is 46.5 Å². The minimum Gasteiger partial charge on any atom is -0.432 e. The van der Waals surface area contributed by atoms with E-state index in [-0.39, 0.29) is 5.97 Å². The van der Waals surface area contributed by atoms with E-state index in [0.717, 1.165) is 18.6 Å². The maximum absolute atomic E-state index is 10.6. The Balaban J connectivity index is 3.62. The SMILES string of the molecule is CC=C(CCCCC)OC(C)=O. The summed E-state index contributed by atoms with van der Waals surface area (Å²) in [6.07, 6.45) is 6.22. The fourth-order valence-electron chi connectivity index (χ4n) is 0.988. The fourth-order valence-corrected chi connectivity index (χ4v) is 0.988. The third kappa shape index (κ3) is 5.96. The van der Waals surface area contributed by atoms with Crippen LogP contribution in [0.25, 0.3) is 0 Å². The lowest BCUT2D eigenvalue weighted by molar-refractivity contribution is -0.137. The molecular weight excluding hydrogens is 152 g/mol. The fraction of sp³-hybridized carbons (Fsp3) is 0.700. The van der Waals surface area contributed by atoms with Crippen LogP contribution in [0.4, 0.5) is 0 Å². The zero-order valence-electron chi connectivity index (χ0n) is 8.22. The van der Waals surface area contributed by atoms with Gasteiger partial charge < -0.3 is 4.74 Å². The Morgan fingerprint density at radius 3 is 2.50 bits per heavy atom. The van der Waals surface area contributed by atoms with E-state index < -0.39 is 0 Å². The van der Waals surface area contributed by atoms with Crippen LogP contribution in [0.5, 0.6) is 0 Å². The Morgan fingerprint density at radius 2 is 2.08 bits per heavy atom. The highest BCUT2D eigenvalue weighted by molar-refractivity contribution is 5.67. The molecule has 0 aliphatic rings. The summed E-state index contributed by atoms with van der Waals surface area (Å²) in [6.45, 7) is 5.48. The van der Waals surface area contributed by atoms with Crippen molar-refractivity contribution in [1.29, 1.82) is 0 Å². The molecule has 0 spiro atoms. The van der Waals surface area contributed by atoms with Crippen molar-refractivity contribution >= 4 is 5.97 Å². The number of hydrogen-bond donors (Lipinski definition) is 0. The largest absolute Gasteiger partial charge is 0.432 e. The molecule has 70 valence electrons. The first kappa shape index (κ1) is 11.2. The lowest BCUT2D eigenvalue weighted by Crippen LogP contribution is -1.98. The first-order valence-corrected chi connectivity index (χ1v) is 4.54. The molecule has 0 N–H and O–H groups in total. The van der Waals surface area contributed by atoms with E-state index in [9.17, 15) is 4.79 Å². The summed E-state index contributed by atoms with van der Waals surface area (Å²) < 4.78 is 4.97. The van der Waals surface area contributed by atoms with Crippen LogP contribution < -0.4 is 0 Å². The van der Waals surface area contributed by atoms with Gasteiger partial charge in [-0.1, -0.05) is 19.8 Å². The average molecular weight is 170 g/mol. The topological polar surface area (TPSA) is 26.3 Å². The summed E-state index contributed by atoms with van der Waals surface area (Å²) in [7, 11) is 0. The van der Waals surface area contributed by atoms with Crippen molar-refractivity contribution in [2.45, 2.75) is 46.5 Å². The van der Waals surface area contributed by atoms with Gasteiger partial charge in [0.1, 0.15) is 5.76 Å². The summed E-state index contributed by atoms with van der Waals surface area (Å²) in [5.74, 6) is 0.579. The maximum Gasteiger partial charge on any atom is 0.307 e. The zero-order valence-corrected chi connectivity index (χ0v) is 8.22. The number of ether oxygens (including phenoxy) is 1. The van der Waals surface area contributed by atoms with E-state index in [2.05, 4.69) is 6.92 Å². The highest BCUT2D eigenvalue weighted by Gasteiger charge is 1.99. The van der Waals surface area contributed by atoms with Crippen molar-refractivity contribution in [3.63, 3.8) is 0 Å². The first-order chi connectivity index (χ1) is 5.70. The molecule has 12 heavy (non-hydrogen) atoms. The van der Waals surface area contributed by atoms with Gasteiger partial charge in [-0.05, 0) is 19.4 Å². The molecule has 0 unspecified atom stereocenters. The molecular formula is C10H18O2. The predicted molar refractivity (Wildman–Crippen MR) is 49.7 cm³/mol. The van der Waals surface area contributed by atoms with Gasteiger partial charge in [0.05, 0.1) is 0 Å². The van der Waals surface area contributed by atoms with Gasteiger partial charge in [0.15, 0.2) is 0 Å². The summed E-state index contributed by atoms with van der Waals surface area (Å²) in [5, 5.41) is 0. The quantitative estimate of drug-likeness (QED) is 0.360. The van der Waals surface area contributed by atoms with Crippen LogP contribution >= 0.6 is 0 Å². The third-order valence-corrected chi connectivity index (χ3v) is 1.62. The van der Waals surface area contributed by atoms with Gasteiger partial charge in [0, 0.05) is 13.3 Å². The van der Waals surface area contributed by atoms with Crippen molar-refractivity contribution in [2.24, 2.45) is 0 Å². The highest BCUT2D eigenvalue weighted by atomic mass is 16.5. The van der Waals surface area contributed by atoms with Crippen molar-refractivity contribution in [3.05, 3.63) is 11.8 Å². The second kappa shape index (κ2) is 6.89. The molecule has 0 aromatic heterocycles. The average Bonchev–Trinajstić information content (AvgIpc) is 2.02. The molecule has 2 heteroatoms. The van der Waals surface area contributed by atoms with Gasteiger partial charge >= 0.3 is 5.97 Å². The van der Waals surface area contributed by atoms with Crippen LogP contribution in [-0.4, -0.2) is 5.97 Å². The molecule has 0 aliphatic carbocycles. The number of esters is 1. The van der Waals surface area contributed by atoms with Gasteiger partial charge in [-0.15, -0.1) is 0 Å². The third-order valence-electron chi connectivity index (χ3n) is 1.62. The van der Waals surface area contributed by atoms with E-state index in [1.54, 1.807) is 0 Å². The summed E-state index contributed by atoms with van der Waals surface area (Å²) in [5.41, 5.74) is 0. The molecule has 2 nitrogen and oxygen atoms in total. The number of unbranched alkanes of at least 4 members (excludes halogenated alkanes) is 2. The van der Waals surface area contributed by atoms with Crippen molar-refractivity contribution in [1.82, 2.24) is 0 Å². The molecule has 0 saturated carbocycles. The van der Waals surface area contributed by atoms with Gasteiger partial charge in [0.25, 0.3) is 0 Å². The molecule has 0 atom stereocenters. The molecule has 0 radical (unpaired) electrons.